The summed E-state index contributed by atoms with van der Waals surface area (Å²) in [6, 6.07) is 15.4. The lowest BCUT2D eigenvalue weighted by atomic mass is 10.1. The van der Waals surface area contributed by atoms with Crippen molar-refractivity contribution in [3.8, 4) is 11.5 Å². The number of benzene rings is 2. The molecule has 0 bridgehead atoms. The van der Waals surface area contributed by atoms with E-state index >= 15 is 0 Å². The molecule has 4 N–H and O–H groups in total. The number of amides is 2. The Morgan fingerprint density at radius 1 is 1.10 bits per heavy atom. The summed E-state index contributed by atoms with van der Waals surface area (Å²) >= 11 is 0. The van der Waals surface area contributed by atoms with Crippen molar-refractivity contribution in [3.63, 3.8) is 0 Å². The van der Waals surface area contributed by atoms with Crippen LogP contribution in [0.5, 0.6) is 0 Å². The molecule has 0 saturated heterocycles. The van der Waals surface area contributed by atoms with Crippen molar-refractivity contribution < 1.29 is 22.5 Å². The number of urea groups is 1. The highest BCUT2D eigenvalue weighted by Gasteiger charge is 2.31. The van der Waals surface area contributed by atoms with Gasteiger partial charge in [0.1, 0.15) is 6.54 Å². The molecule has 9 nitrogen and oxygen atoms in total. The van der Waals surface area contributed by atoms with E-state index in [-0.39, 0.29) is 30.0 Å². The van der Waals surface area contributed by atoms with Crippen LogP contribution >= 0.6 is 0 Å². The molecule has 0 fully saturated rings. The molecule has 2 aromatic heterocycles. The Balaban J connectivity index is 1.59. The maximum absolute atomic E-state index is 13.6. The van der Waals surface area contributed by atoms with Crippen molar-refractivity contribution in [1.29, 1.82) is 0 Å². The topological polar surface area (TPSA) is 109 Å². The molecule has 2 aromatic carbocycles. The lowest BCUT2D eigenvalue weighted by molar-refractivity contribution is -0.139. The number of alkyl halides is 3. The van der Waals surface area contributed by atoms with Gasteiger partial charge in [-0.1, -0.05) is 42.8 Å². The van der Waals surface area contributed by atoms with Crippen molar-refractivity contribution in [1.82, 2.24) is 25.3 Å². The van der Waals surface area contributed by atoms with Gasteiger partial charge in [0, 0.05) is 22.8 Å². The number of hydrogen-bond donors (Lipinski definition) is 4. The van der Waals surface area contributed by atoms with E-state index in [1.54, 1.807) is 42.5 Å². The average Bonchev–Trinajstić information content (AvgIpc) is 3.51. The Hall–Kier alpha value is -4.06. The number of hydrogen-bond acceptors (Lipinski definition) is 6. The van der Waals surface area contributed by atoms with Gasteiger partial charge >= 0.3 is 12.2 Å². The summed E-state index contributed by atoms with van der Waals surface area (Å²) < 4.78 is 47.3. The molecule has 4 aromatic rings. The van der Waals surface area contributed by atoms with Crippen LogP contribution in [0.25, 0.3) is 22.4 Å². The molecule has 39 heavy (non-hydrogen) atoms. The van der Waals surface area contributed by atoms with E-state index in [2.05, 4.69) is 38.3 Å². The van der Waals surface area contributed by atoms with Gasteiger partial charge in [0.2, 0.25) is 11.7 Å². The molecule has 2 heterocycles. The lowest BCUT2D eigenvalue weighted by Crippen LogP contribution is -2.28. The Kier molecular flexibility index (Phi) is 9.07. The Bertz CT molecular complexity index is 1370. The SMILES string of the molecule is CCCC(CCNC)Nc1cccc2c1cc(-c1noc(CNC(=O)Nc3ccccc3)n1)n2CC(F)(F)F. The third-order valence-corrected chi connectivity index (χ3v) is 6.15. The molecule has 0 saturated carbocycles. The van der Waals surface area contributed by atoms with Gasteiger partial charge < -0.3 is 30.4 Å². The predicted molar refractivity (Wildman–Crippen MR) is 144 cm³/mol. The van der Waals surface area contributed by atoms with Crippen LogP contribution in [0.1, 0.15) is 32.1 Å². The molecular formula is C27H32F3N7O2. The van der Waals surface area contributed by atoms with E-state index in [9.17, 15) is 18.0 Å². The number of rotatable bonds is 12. The molecule has 0 spiro atoms. The monoisotopic (exact) mass is 543 g/mol. The number of nitrogens with one attached hydrogen (secondary N) is 4. The number of fused-ring (bicyclic) bond motifs is 1. The highest BCUT2D eigenvalue weighted by molar-refractivity contribution is 5.96. The molecule has 0 aliphatic heterocycles. The molecule has 208 valence electrons. The second kappa shape index (κ2) is 12.7. The zero-order valence-corrected chi connectivity index (χ0v) is 21.8. The van der Waals surface area contributed by atoms with E-state index in [0.29, 0.717) is 16.6 Å². The maximum Gasteiger partial charge on any atom is 0.406 e. The first kappa shape index (κ1) is 28.0. The molecule has 0 aliphatic rings. The fourth-order valence-electron chi connectivity index (χ4n) is 4.40. The first-order valence-electron chi connectivity index (χ1n) is 12.8. The third kappa shape index (κ3) is 7.50. The summed E-state index contributed by atoms with van der Waals surface area (Å²) in [4.78, 5) is 16.4. The molecule has 1 atom stereocenters. The van der Waals surface area contributed by atoms with Crippen molar-refractivity contribution in [3.05, 3.63) is 60.5 Å². The summed E-state index contributed by atoms with van der Waals surface area (Å²) in [5, 5.41) is 16.5. The number of carbonyl (C=O) groups excluding carboxylic acids is 1. The normalized spacial score (nSPS) is 12.4. The van der Waals surface area contributed by atoms with Crippen molar-refractivity contribution in [2.75, 3.05) is 24.2 Å². The summed E-state index contributed by atoms with van der Waals surface area (Å²) in [5.41, 5.74) is 1.92. The fourth-order valence-corrected chi connectivity index (χ4v) is 4.40. The standard InChI is InChI=1S/C27H32F3N7O2/c1-3-8-18(13-14-31-2)33-21-11-7-12-22-20(21)15-23(37(22)17-27(28,29)30)25-35-24(39-36-25)16-32-26(38)34-19-9-5-4-6-10-19/h4-7,9-12,15,18,31,33H,3,8,13-14,16-17H2,1-2H3,(H2,32,34,38). The molecule has 12 heteroatoms. The fraction of sp³-hybridized carbons (Fsp3) is 0.370. The van der Waals surface area contributed by atoms with Gasteiger partial charge in [-0.05, 0) is 56.8 Å². The first-order valence-corrected chi connectivity index (χ1v) is 12.8. The van der Waals surface area contributed by atoms with Crippen LogP contribution in [0.15, 0.2) is 59.1 Å². The van der Waals surface area contributed by atoms with Crippen LogP contribution in [-0.2, 0) is 13.1 Å². The first-order chi connectivity index (χ1) is 18.8. The molecular weight excluding hydrogens is 511 g/mol. The van der Waals surface area contributed by atoms with Crippen molar-refractivity contribution >= 4 is 28.3 Å². The number of aromatic nitrogens is 3. The molecule has 1 unspecified atom stereocenters. The Morgan fingerprint density at radius 2 is 1.90 bits per heavy atom. The second-order valence-electron chi connectivity index (χ2n) is 9.18. The summed E-state index contributed by atoms with van der Waals surface area (Å²) in [5.74, 6) is 0.0624. The van der Waals surface area contributed by atoms with Crippen molar-refractivity contribution in [2.24, 2.45) is 0 Å². The van der Waals surface area contributed by atoms with Crippen LogP contribution in [-0.4, -0.2) is 46.5 Å². The van der Waals surface area contributed by atoms with E-state index in [4.69, 9.17) is 4.52 Å². The van der Waals surface area contributed by atoms with Gasteiger partial charge in [0.05, 0.1) is 17.8 Å². The average molecular weight is 544 g/mol. The number of halogens is 3. The van der Waals surface area contributed by atoms with Gasteiger partial charge in [-0.2, -0.15) is 18.2 Å². The summed E-state index contributed by atoms with van der Waals surface area (Å²) in [6.45, 7) is 1.61. The minimum Gasteiger partial charge on any atom is -0.382 e. The number of carbonyl (C=O) groups is 1. The molecule has 2 amide bonds. The quantitative estimate of drug-likeness (QED) is 0.181. The highest BCUT2D eigenvalue weighted by Crippen LogP contribution is 2.34. The zero-order valence-electron chi connectivity index (χ0n) is 21.8. The van der Waals surface area contributed by atoms with Crippen LogP contribution in [0.3, 0.4) is 0 Å². The van der Waals surface area contributed by atoms with Gasteiger partial charge in [-0.15, -0.1) is 0 Å². The minimum atomic E-state index is -4.47. The Labute approximate surface area is 224 Å². The number of nitrogens with zero attached hydrogens (tertiary/aromatic N) is 3. The second-order valence-corrected chi connectivity index (χ2v) is 9.18. The van der Waals surface area contributed by atoms with Crippen LogP contribution in [0.4, 0.5) is 29.3 Å². The van der Waals surface area contributed by atoms with E-state index < -0.39 is 18.8 Å². The maximum atomic E-state index is 13.6. The van der Waals surface area contributed by atoms with E-state index in [1.165, 1.54) is 0 Å². The third-order valence-electron chi connectivity index (χ3n) is 6.15. The number of para-hydroxylation sites is 1. The van der Waals surface area contributed by atoms with Gasteiger partial charge in [-0.3, -0.25) is 0 Å². The predicted octanol–water partition coefficient (Wildman–Crippen LogP) is 5.77. The lowest BCUT2D eigenvalue weighted by Gasteiger charge is -2.20. The van der Waals surface area contributed by atoms with Crippen molar-refractivity contribution in [2.45, 2.75) is 51.5 Å². The van der Waals surface area contributed by atoms with E-state index in [0.717, 1.165) is 36.1 Å². The van der Waals surface area contributed by atoms with Gasteiger partial charge in [0.15, 0.2) is 0 Å². The van der Waals surface area contributed by atoms with E-state index in [1.807, 2.05) is 19.2 Å². The number of anilines is 2. The Morgan fingerprint density at radius 3 is 2.62 bits per heavy atom. The minimum absolute atomic E-state index is 0.00181. The van der Waals surface area contributed by atoms with Crippen LogP contribution < -0.4 is 21.3 Å². The zero-order chi connectivity index (χ0) is 27.8. The van der Waals surface area contributed by atoms with Gasteiger partial charge in [-0.25, -0.2) is 4.79 Å². The summed E-state index contributed by atoms with van der Waals surface area (Å²) in [7, 11) is 1.89. The smallest absolute Gasteiger partial charge is 0.382 e. The summed E-state index contributed by atoms with van der Waals surface area (Å²) in [6.07, 6.45) is -1.70. The highest BCUT2D eigenvalue weighted by atomic mass is 19.4. The van der Waals surface area contributed by atoms with Gasteiger partial charge in [0.25, 0.3) is 0 Å². The molecule has 4 rings (SSSR count). The van der Waals surface area contributed by atoms with Crippen LogP contribution in [0, 0.1) is 0 Å². The molecule has 0 radical (unpaired) electrons. The largest absolute Gasteiger partial charge is 0.406 e. The molecule has 0 aliphatic carbocycles. The van der Waals surface area contributed by atoms with Crippen LogP contribution in [0.2, 0.25) is 0 Å².